The van der Waals surface area contributed by atoms with Gasteiger partial charge in [0.2, 0.25) is 0 Å². The van der Waals surface area contributed by atoms with Gasteiger partial charge in [-0.1, -0.05) is 24.3 Å². The standard InChI is InChI=1S/C15H15F2NS/c16-13-5-1-11(2-6-13)15(19-10-9-18)12-3-7-14(17)8-4-12/h1-8,15H,9-10,18H2. The van der Waals surface area contributed by atoms with E-state index in [-0.39, 0.29) is 16.9 Å². The van der Waals surface area contributed by atoms with Crippen LogP contribution in [0.4, 0.5) is 8.78 Å². The highest BCUT2D eigenvalue weighted by Crippen LogP contribution is 2.35. The third-order valence-corrected chi connectivity index (χ3v) is 4.10. The number of benzene rings is 2. The maximum absolute atomic E-state index is 13.0. The van der Waals surface area contributed by atoms with E-state index >= 15 is 0 Å². The molecule has 100 valence electrons. The van der Waals surface area contributed by atoms with Crippen molar-refractivity contribution in [3.63, 3.8) is 0 Å². The smallest absolute Gasteiger partial charge is 0.123 e. The Kier molecular flexibility index (Phi) is 4.93. The first-order chi connectivity index (χ1) is 9.20. The molecule has 0 amide bonds. The number of hydrogen-bond acceptors (Lipinski definition) is 2. The second-order valence-corrected chi connectivity index (χ2v) is 5.36. The molecule has 0 atom stereocenters. The molecule has 0 aromatic heterocycles. The van der Waals surface area contributed by atoms with Gasteiger partial charge in [0.1, 0.15) is 11.6 Å². The van der Waals surface area contributed by atoms with E-state index in [4.69, 9.17) is 5.73 Å². The lowest BCUT2D eigenvalue weighted by atomic mass is 10.0. The lowest BCUT2D eigenvalue weighted by Gasteiger charge is -2.17. The van der Waals surface area contributed by atoms with Gasteiger partial charge in [0, 0.05) is 12.3 Å². The summed E-state index contributed by atoms with van der Waals surface area (Å²) in [5.41, 5.74) is 7.52. The third-order valence-electron chi connectivity index (χ3n) is 2.75. The van der Waals surface area contributed by atoms with Crippen LogP contribution < -0.4 is 5.73 Å². The van der Waals surface area contributed by atoms with Crippen LogP contribution in [0.2, 0.25) is 0 Å². The van der Waals surface area contributed by atoms with Gasteiger partial charge in [0.15, 0.2) is 0 Å². The van der Waals surface area contributed by atoms with E-state index in [1.54, 1.807) is 36.0 Å². The lowest BCUT2D eigenvalue weighted by Crippen LogP contribution is -2.05. The van der Waals surface area contributed by atoms with E-state index in [0.717, 1.165) is 16.9 Å². The molecule has 0 aliphatic carbocycles. The van der Waals surface area contributed by atoms with Crippen molar-refractivity contribution in [2.45, 2.75) is 5.25 Å². The molecule has 0 aliphatic rings. The first-order valence-electron chi connectivity index (χ1n) is 6.03. The zero-order valence-electron chi connectivity index (χ0n) is 10.4. The number of hydrogen-bond donors (Lipinski definition) is 1. The predicted octanol–water partition coefficient (Wildman–Crippen LogP) is 3.75. The summed E-state index contributed by atoms with van der Waals surface area (Å²) in [6, 6.07) is 12.8. The van der Waals surface area contributed by atoms with Gasteiger partial charge in [0.25, 0.3) is 0 Å². The number of rotatable bonds is 5. The van der Waals surface area contributed by atoms with Crippen molar-refractivity contribution in [3.8, 4) is 0 Å². The second-order valence-electron chi connectivity index (χ2n) is 4.14. The minimum Gasteiger partial charge on any atom is -0.330 e. The third kappa shape index (κ3) is 3.78. The average Bonchev–Trinajstić information content (AvgIpc) is 2.43. The summed E-state index contributed by atoms with van der Waals surface area (Å²) in [4.78, 5) is 0. The first-order valence-corrected chi connectivity index (χ1v) is 7.08. The minimum atomic E-state index is -0.259. The topological polar surface area (TPSA) is 26.0 Å². The van der Waals surface area contributed by atoms with E-state index in [2.05, 4.69) is 0 Å². The van der Waals surface area contributed by atoms with E-state index in [1.807, 2.05) is 0 Å². The van der Waals surface area contributed by atoms with Crippen molar-refractivity contribution in [2.24, 2.45) is 5.73 Å². The second kappa shape index (κ2) is 6.68. The largest absolute Gasteiger partial charge is 0.330 e. The van der Waals surface area contributed by atoms with Gasteiger partial charge in [-0.05, 0) is 35.4 Å². The quantitative estimate of drug-likeness (QED) is 0.902. The number of halogens is 2. The van der Waals surface area contributed by atoms with Gasteiger partial charge in [-0.2, -0.15) is 0 Å². The lowest BCUT2D eigenvalue weighted by molar-refractivity contribution is 0.626. The zero-order chi connectivity index (χ0) is 13.7. The number of thioether (sulfide) groups is 1. The Morgan fingerprint density at radius 3 is 1.63 bits per heavy atom. The van der Waals surface area contributed by atoms with E-state index in [1.165, 1.54) is 24.3 Å². The first kappa shape index (κ1) is 14.0. The molecule has 2 aromatic carbocycles. The molecule has 0 saturated carbocycles. The Morgan fingerprint density at radius 2 is 1.26 bits per heavy atom. The summed E-state index contributed by atoms with van der Waals surface area (Å²) in [5, 5.41) is 0.0461. The monoisotopic (exact) mass is 279 g/mol. The van der Waals surface area contributed by atoms with E-state index < -0.39 is 0 Å². The molecule has 4 heteroatoms. The van der Waals surface area contributed by atoms with Gasteiger partial charge in [0.05, 0.1) is 5.25 Å². The molecule has 2 N–H and O–H groups in total. The molecule has 0 radical (unpaired) electrons. The molecule has 2 rings (SSSR count). The van der Waals surface area contributed by atoms with Crippen LogP contribution in [0.1, 0.15) is 16.4 Å². The van der Waals surface area contributed by atoms with Gasteiger partial charge in [-0.15, -0.1) is 11.8 Å². The fourth-order valence-electron chi connectivity index (χ4n) is 1.85. The Labute approximate surface area is 115 Å². The summed E-state index contributed by atoms with van der Waals surface area (Å²) in [5.74, 6) is 0.273. The maximum Gasteiger partial charge on any atom is 0.123 e. The predicted molar refractivity (Wildman–Crippen MR) is 76.2 cm³/mol. The van der Waals surface area contributed by atoms with Crippen LogP contribution in [-0.4, -0.2) is 12.3 Å². The van der Waals surface area contributed by atoms with Crippen LogP contribution in [0, 0.1) is 11.6 Å². The summed E-state index contributed by atoms with van der Waals surface area (Å²) >= 11 is 1.67. The molecular weight excluding hydrogens is 264 g/mol. The highest BCUT2D eigenvalue weighted by molar-refractivity contribution is 7.99. The Bertz CT molecular complexity index is 465. The van der Waals surface area contributed by atoms with Crippen LogP contribution in [-0.2, 0) is 0 Å². The van der Waals surface area contributed by atoms with Crippen molar-refractivity contribution >= 4 is 11.8 Å². The molecule has 0 bridgehead atoms. The summed E-state index contributed by atoms with van der Waals surface area (Å²) in [6.45, 7) is 0.573. The minimum absolute atomic E-state index is 0.0461. The zero-order valence-corrected chi connectivity index (χ0v) is 11.2. The molecule has 0 unspecified atom stereocenters. The average molecular weight is 279 g/mol. The van der Waals surface area contributed by atoms with Crippen LogP contribution in [0.25, 0.3) is 0 Å². The van der Waals surface area contributed by atoms with Crippen molar-refractivity contribution in [3.05, 3.63) is 71.3 Å². The van der Waals surface area contributed by atoms with Crippen molar-refractivity contribution in [1.29, 1.82) is 0 Å². The molecule has 1 nitrogen and oxygen atoms in total. The fourth-order valence-corrected chi connectivity index (χ4v) is 2.92. The van der Waals surface area contributed by atoms with Gasteiger partial charge < -0.3 is 5.73 Å². The van der Waals surface area contributed by atoms with Gasteiger partial charge in [-0.3, -0.25) is 0 Å². The van der Waals surface area contributed by atoms with Crippen LogP contribution in [0.5, 0.6) is 0 Å². The van der Waals surface area contributed by atoms with Crippen LogP contribution in [0.3, 0.4) is 0 Å². The van der Waals surface area contributed by atoms with E-state index in [9.17, 15) is 8.78 Å². The van der Waals surface area contributed by atoms with E-state index in [0.29, 0.717) is 6.54 Å². The SMILES string of the molecule is NCCSC(c1ccc(F)cc1)c1ccc(F)cc1. The van der Waals surface area contributed by atoms with Gasteiger partial charge in [-0.25, -0.2) is 8.78 Å². The molecule has 0 aliphatic heterocycles. The Balaban J connectivity index is 2.29. The fraction of sp³-hybridized carbons (Fsp3) is 0.200. The maximum atomic E-state index is 13.0. The Morgan fingerprint density at radius 1 is 0.842 bits per heavy atom. The molecule has 2 aromatic rings. The van der Waals surface area contributed by atoms with Gasteiger partial charge >= 0.3 is 0 Å². The molecule has 0 spiro atoms. The van der Waals surface area contributed by atoms with Crippen molar-refractivity contribution in [1.82, 2.24) is 0 Å². The summed E-state index contributed by atoms with van der Waals surface area (Å²) < 4.78 is 26.0. The van der Waals surface area contributed by atoms with Crippen LogP contribution in [0.15, 0.2) is 48.5 Å². The molecule has 19 heavy (non-hydrogen) atoms. The summed E-state index contributed by atoms with van der Waals surface area (Å²) in [6.07, 6.45) is 0. The van der Waals surface area contributed by atoms with Crippen molar-refractivity contribution < 1.29 is 8.78 Å². The molecule has 0 heterocycles. The highest BCUT2D eigenvalue weighted by atomic mass is 32.2. The normalized spacial score (nSPS) is 10.9. The highest BCUT2D eigenvalue weighted by Gasteiger charge is 2.14. The van der Waals surface area contributed by atoms with Crippen molar-refractivity contribution in [2.75, 3.05) is 12.3 Å². The molecule has 0 saturated heterocycles. The number of nitrogens with two attached hydrogens (primary N) is 1. The molecular formula is C15H15F2NS. The molecule has 0 fully saturated rings. The van der Waals surface area contributed by atoms with Crippen LogP contribution >= 0.6 is 11.8 Å². The Hall–Kier alpha value is -1.39. The summed E-state index contributed by atoms with van der Waals surface area (Å²) in [7, 11) is 0.